The molecule has 1 aromatic rings. The van der Waals surface area contributed by atoms with Crippen LogP contribution in [-0.4, -0.2) is 11.7 Å². The van der Waals surface area contributed by atoms with Gasteiger partial charge in [-0.15, -0.1) is 0 Å². The van der Waals surface area contributed by atoms with E-state index in [1.165, 1.54) is 22.3 Å². The molecule has 0 aliphatic rings. The Kier molecular flexibility index (Phi) is 2.88. The van der Waals surface area contributed by atoms with E-state index in [0.717, 1.165) is 6.42 Å². The first-order valence-corrected chi connectivity index (χ1v) is 4.32. The molecule has 0 aromatic heterocycles. The normalized spacial score (nSPS) is 10.3. The summed E-state index contributed by atoms with van der Waals surface area (Å²) >= 11 is 0. The summed E-state index contributed by atoms with van der Waals surface area (Å²) in [6, 6.07) is 4.33. The molecule has 1 nitrogen and oxygen atoms in total. The highest BCUT2D eigenvalue weighted by molar-refractivity contribution is 5.37. The Morgan fingerprint density at radius 3 is 2.42 bits per heavy atom. The second kappa shape index (κ2) is 3.72. The number of benzene rings is 1. The minimum absolute atomic E-state index is 0.240. The molecule has 1 N–H and O–H groups in total. The van der Waals surface area contributed by atoms with Crippen LogP contribution in [-0.2, 0) is 6.42 Å². The average molecular weight is 164 g/mol. The molecule has 12 heavy (non-hydrogen) atoms. The lowest BCUT2D eigenvalue weighted by atomic mass is 9.98. The Labute approximate surface area is 74.1 Å². The van der Waals surface area contributed by atoms with Gasteiger partial charge in [-0.25, -0.2) is 0 Å². The molecule has 0 radical (unpaired) electrons. The fraction of sp³-hybridized carbons (Fsp3) is 0.455. The van der Waals surface area contributed by atoms with Gasteiger partial charge in [-0.3, -0.25) is 0 Å². The van der Waals surface area contributed by atoms with E-state index in [2.05, 4.69) is 32.9 Å². The molecule has 0 bridgehead atoms. The molecule has 0 spiro atoms. The van der Waals surface area contributed by atoms with Crippen LogP contribution in [0.15, 0.2) is 12.1 Å². The van der Waals surface area contributed by atoms with Crippen LogP contribution in [0.2, 0.25) is 0 Å². The number of aliphatic hydroxyl groups excluding tert-OH is 1. The van der Waals surface area contributed by atoms with Crippen molar-refractivity contribution in [3.05, 3.63) is 34.4 Å². The van der Waals surface area contributed by atoms with Gasteiger partial charge >= 0.3 is 0 Å². The van der Waals surface area contributed by atoms with Gasteiger partial charge in [-0.1, -0.05) is 17.7 Å². The SMILES string of the molecule is Cc1cc(C)c(C)c(CCO)c1. The summed E-state index contributed by atoms with van der Waals surface area (Å²) in [5, 5.41) is 8.83. The number of aliphatic hydroxyl groups is 1. The van der Waals surface area contributed by atoms with Crippen LogP contribution in [0, 0.1) is 20.8 Å². The first-order valence-electron chi connectivity index (χ1n) is 4.32. The average Bonchev–Trinajstić information content (AvgIpc) is 2.00. The van der Waals surface area contributed by atoms with Crippen molar-refractivity contribution in [2.45, 2.75) is 27.2 Å². The third-order valence-electron chi connectivity index (χ3n) is 2.30. The molecule has 1 aromatic carbocycles. The van der Waals surface area contributed by atoms with Crippen molar-refractivity contribution in [2.24, 2.45) is 0 Å². The van der Waals surface area contributed by atoms with E-state index in [4.69, 9.17) is 5.11 Å². The second-order valence-corrected chi connectivity index (χ2v) is 3.34. The molecule has 0 aliphatic heterocycles. The van der Waals surface area contributed by atoms with Gasteiger partial charge in [0.15, 0.2) is 0 Å². The van der Waals surface area contributed by atoms with Crippen molar-refractivity contribution >= 4 is 0 Å². The van der Waals surface area contributed by atoms with E-state index in [1.54, 1.807) is 0 Å². The van der Waals surface area contributed by atoms with Crippen LogP contribution in [0.25, 0.3) is 0 Å². The van der Waals surface area contributed by atoms with Gasteiger partial charge < -0.3 is 5.11 Å². The highest BCUT2D eigenvalue weighted by Gasteiger charge is 2.01. The van der Waals surface area contributed by atoms with Crippen molar-refractivity contribution in [3.8, 4) is 0 Å². The topological polar surface area (TPSA) is 20.2 Å². The molecule has 0 saturated carbocycles. The summed E-state index contributed by atoms with van der Waals surface area (Å²) in [4.78, 5) is 0. The van der Waals surface area contributed by atoms with Crippen LogP contribution < -0.4 is 0 Å². The molecule has 0 amide bonds. The van der Waals surface area contributed by atoms with Crippen molar-refractivity contribution in [1.82, 2.24) is 0 Å². The Hall–Kier alpha value is -0.820. The summed E-state index contributed by atoms with van der Waals surface area (Å²) in [7, 11) is 0. The molecule has 0 unspecified atom stereocenters. The van der Waals surface area contributed by atoms with Crippen LogP contribution in [0.1, 0.15) is 22.3 Å². The summed E-state index contributed by atoms with van der Waals surface area (Å²) in [6.07, 6.45) is 0.772. The van der Waals surface area contributed by atoms with Gasteiger partial charge in [0.25, 0.3) is 0 Å². The molecule has 0 heterocycles. The molecule has 1 heteroatoms. The maximum atomic E-state index is 8.83. The van der Waals surface area contributed by atoms with Crippen molar-refractivity contribution in [3.63, 3.8) is 0 Å². The Morgan fingerprint density at radius 1 is 1.17 bits per heavy atom. The highest BCUT2D eigenvalue weighted by atomic mass is 16.2. The molecule has 0 atom stereocenters. The molecule has 66 valence electrons. The van der Waals surface area contributed by atoms with Crippen LogP contribution in [0.5, 0.6) is 0 Å². The first kappa shape index (κ1) is 9.27. The molecule has 0 fully saturated rings. The van der Waals surface area contributed by atoms with E-state index in [0.29, 0.717) is 0 Å². The monoisotopic (exact) mass is 164 g/mol. The largest absolute Gasteiger partial charge is 0.396 e. The van der Waals surface area contributed by atoms with Gasteiger partial charge in [0, 0.05) is 6.61 Å². The molecular formula is C11H16O. The predicted molar refractivity (Wildman–Crippen MR) is 51.4 cm³/mol. The number of hydrogen-bond acceptors (Lipinski definition) is 1. The molecule has 0 saturated heterocycles. The minimum atomic E-state index is 0.240. The van der Waals surface area contributed by atoms with Crippen molar-refractivity contribution < 1.29 is 5.11 Å². The van der Waals surface area contributed by atoms with E-state index in [1.807, 2.05) is 0 Å². The lowest BCUT2D eigenvalue weighted by molar-refractivity contribution is 0.299. The maximum Gasteiger partial charge on any atom is 0.0471 e. The highest BCUT2D eigenvalue weighted by Crippen LogP contribution is 2.15. The molecule has 1 rings (SSSR count). The third kappa shape index (κ3) is 1.86. The van der Waals surface area contributed by atoms with Gasteiger partial charge in [0.05, 0.1) is 0 Å². The van der Waals surface area contributed by atoms with Crippen molar-refractivity contribution in [1.29, 1.82) is 0 Å². The molecular weight excluding hydrogens is 148 g/mol. The third-order valence-corrected chi connectivity index (χ3v) is 2.30. The fourth-order valence-electron chi connectivity index (χ4n) is 1.51. The lowest BCUT2D eigenvalue weighted by Gasteiger charge is -2.08. The summed E-state index contributed by atoms with van der Waals surface area (Å²) < 4.78 is 0. The second-order valence-electron chi connectivity index (χ2n) is 3.34. The lowest BCUT2D eigenvalue weighted by Crippen LogP contribution is -1.97. The number of aryl methyl sites for hydroxylation is 2. The minimum Gasteiger partial charge on any atom is -0.396 e. The van der Waals surface area contributed by atoms with Gasteiger partial charge in [0.2, 0.25) is 0 Å². The zero-order valence-electron chi connectivity index (χ0n) is 8.02. The Morgan fingerprint density at radius 2 is 1.83 bits per heavy atom. The zero-order valence-corrected chi connectivity index (χ0v) is 8.02. The van der Waals surface area contributed by atoms with Crippen LogP contribution in [0.3, 0.4) is 0 Å². The molecule has 0 aliphatic carbocycles. The van der Waals surface area contributed by atoms with Crippen LogP contribution >= 0.6 is 0 Å². The van der Waals surface area contributed by atoms with Crippen LogP contribution in [0.4, 0.5) is 0 Å². The number of hydrogen-bond donors (Lipinski definition) is 1. The maximum absolute atomic E-state index is 8.83. The van der Waals surface area contributed by atoms with E-state index < -0.39 is 0 Å². The fourth-order valence-corrected chi connectivity index (χ4v) is 1.51. The summed E-state index contributed by atoms with van der Waals surface area (Å²) in [6.45, 7) is 6.56. The standard InChI is InChI=1S/C11H16O/c1-8-6-9(2)10(3)11(7-8)4-5-12/h6-7,12H,4-5H2,1-3H3. The van der Waals surface area contributed by atoms with Gasteiger partial charge in [-0.05, 0) is 43.9 Å². The predicted octanol–water partition coefficient (Wildman–Crippen LogP) is 2.15. The summed E-state index contributed by atoms with van der Waals surface area (Å²) in [5.41, 5.74) is 5.18. The number of rotatable bonds is 2. The van der Waals surface area contributed by atoms with E-state index >= 15 is 0 Å². The Balaban J connectivity index is 3.09. The van der Waals surface area contributed by atoms with E-state index in [9.17, 15) is 0 Å². The van der Waals surface area contributed by atoms with Crippen molar-refractivity contribution in [2.75, 3.05) is 6.61 Å². The summed E-state index contributed by atoms with van der Waals surface area (Å²) in [5.74, 6) is 0. The zero-order chi connectivity index (χ0) is 9.14. The van der Waals surface area contributed by atoms with E-state index in [-0.39, 0.29) is 6.61 Å². The smallest absolute Gasteiger partial charge is 0.0471 e. The quantitative estimate of drug-likeness (QED) is 0.710. The van der Waals surface area contributed by atoms with Gasteiger partial charge in [-0.2, -0.15) is 0 Å². The Bertz CT molecular complexity index is 277. The van der Waals surface area contributed by atoms with Gasteiger partial charge in [0.1, 0.15) is 0 Å². The first-order chi connectivity index (χ1) is 5.65.